The molecule has 1 aromatic carbocycles. The fourth-order valence-corrected chi connectivity index (χ4v) is 2.48. The van der Waals surface area contributed by atoms with Gasteiger partial charge in [-0.1, -0.05) is 26.0 Å². The van der Waals surface area contributed by atoms with Gasteiger partial charge in [0.1, 0.15) is 5.75 Å². The molecule has 2 rings (SSSR count). The third kappa shape index (κ3) is 5.14. The first-order valence-corrected chi connectivity index (χ1v) is 7.77. The van der Waals surface area contributed by atoms with E-state index in [0.29, 0.717) is 12.0 Å². The molecule has 0 aromatic heterocycles. The van der Waals surface area contributed by atoms with Crippen LogP contribution in [0.5, 0.6) is 5.75 Å². The first-order chi connectivity index (χ1) is 9.63. The molecule has 3 heteroatoms. The first-order valence-electron chi connectivity index (χ1n) is 7.77. The van der Waals surface area contributed by atoms with Crippen molar-refractivity contribution in [2.45, 2.75) is 39.3 Å². The van der Waals surface area contributed by atoms with Crippen molar-refractivity contribution in [3.63, 3.8) is 0 Å². The summed E-state index contributed by atoms with van der Waals surface area (Å²) in [5.41, 5.74) is 1.33. The number of ether oxygens (including phenoxy) is 1. The van der Waals surface area contributed by atoms with Crippen LogP contribution in [0.3, 0.4) is 0 Å². The lowest BCUT2D eigenvalue weighted by molar-refractivity contribution is 0.289. The van der Waals surface area contributed by atoms with E-state index in [1.54, 1.807) is 0 Å². The monoisotopic (exact) mass is 276 g/mol. The average molecular weight is 276 g/mol. The largest absolute Gasteiger partial charge is 0.494 e. The number of likely N-dealkylation sites (N-methyl/N-ethyl adjacent to an activating group) is 1. The van der Waals surface area contributed by atoms with Crippen molar-refractivity contribution in [2.24, 2.45) is 5.92 Å². The molecular formula is C17H28N2O. The minimum absolute atomic E-state index is 0.641. The molecule has 0 saturated carbocycles. The van der Waals surface area contributed by atoms with Crippen LogP contribution in [0.1, 0.15) is 32.3 Å². The van der Waals surface area contributed by atoms with Gasteiger partial charge in [0.2, 0.25) is 0 Å². The maximum Gasteiger partial charge on any atom is 0.119 e. The topological polar surface area (TPSA) is 24.5 Å². The molecule has 0 aliphatic carbocycles. The van der Waals surface area contributed by atoms with Crippen molar-refractivity contribution in [3.8, 4) is 5.75 Å². The lowest BCUT2D eigenvalue weighted by Crippen LogP contribution is -2.30. The Balaban J connectivity index is 1.71. The van der Waals surface area contributed by atoms with Crippen LogP contribution in [-0.2, 0) is 6.54 Å². The Morgan fingerprint density at radius 2 is 2.05 bits per heavy atom. The number of hydrogen-bond donors (Lipinski definition) is 1. The van der Waals surface area contributed by atoms with Crippen LogP contribution in [0, 0.1) is 5.92 Å². The van der Waals surface area contributed by atoms with Gasteiger partial charge in [0, 0.05) is 19.1 Å². The van der Waals surface area contributed by atoms with Gasteiger partial charge in [-0.05, 0) is 50.0 Å². The third-order valence-electron chi connectivity index (χ3n) is 3.87. The van der Waals surface area contributed by atoms with Gasteiger partial charge in [-0.15, -0.1) is 0 Å². The summed E-state index contributed by atoms with van der Waals surface area (Å²) in [7, 11) is 2.19. The Morgan fingerprint density at radius 3 is 2.65 bits per heavy atom. The van der Waals surface area contributed by atoms with Crippen molar-refractivity contribution < 1.29 is 4.74 Å². The first kappa shape index (κ1) is 15.3. The van der Waals surface area contributed by atoms with Gasteiger partial charge in [0.05, 0.1) is 6.61 Å². The zero-order valence-electron chi connectivity index (χ0n) is 13.1. The van der Waals surface area contributed by atoms with Crippen molar-refractivity contribution in [1.29, 1.82) is 0 Å². The molecule has 1 heterocycles. The van der Waals surface area contributed by atoms with E-state index in [2.05, 4.69) is 55.4 Å². The number of likely N-dealkylation sites (tertiary alicyclic amines) is 1. The normalized spacial score (nSPS) is 19.7. The summed E-state index contributed by atoms with van der Waals surface area (Å²) < 4.78 is 5.74. The molecule has 1 aromatic rings. The molecule has 1 atom stereocenters. The average Bonchev–Trinajstić information content (AvgIpc) is 2.83. The molecule has 1 aliphatic rings. The summed E-state index contributed by atoms with van der Waals surface area (Å²) in [4.78, 5) is 2.38. The molecule has 0 spiro atoms. The Bertz CT molecular complexity index is 388. The van der Waals surface area contributed by atoms with E-state index >= 15 is 0 Å². The summed E-state index contributed by atoms with van der Waals surface area (Å²) in [6, 6.07) is 9.13. The highest BCUT2D eigenvalue weighted by atomic mass is 16.5. The van der Waals surface area contributed by atoms with Crippen molar-refractivity contribution in [3.05, 3.63) is 29.8 Å². The van der Waals surface area contributed by atoms with E-state index in [-0.39, 0.29) is 0 Å². The molecule has 0 bridgehead atoms. The molecule has 3 nitrogen and oxygen atoms in total. The third-order valence-corrected chi connectivity index (χ3v) is 3.87. The lowest BCUT2D eigenvalue weighted by Gasteiger charge is -2.13. The van der Waals surface area contributed by atoms with Crippen LogP contribution in [0.2, 0.25) is 0 Å². The van der Waals surface area contributed by atoms with Crippen molar-refractivity contribution in [2.75, 3.05) is 26.7 Å². The highest BCUT2D eigenvalue weighted by Gasteiger charge is 2.18. The van der Waals surface area contributed by atoms with Crippen LogP contribution < -0.4 is 10.1 Å². The standard InChI is InChI=1S/C17H28N2O/c1-14(2)9-11-20-17-6-4-15(5-7-17)12-18-16-8-10-19(3)13-16/h4-7,14,16,18H,8-13H2,1-3H3. The number of nitrogens with zero attached hydrogens (tertiary/aromatic N) is 1. The van der Waals surface area contributed by atoms with E-state index in [0.717, 1.165) is 31.9 Å². The molecule has 1 fully saturated rings. The summed E-state index contributed by atoms with van der Waals surface area (Å²) in [5.74, 6) is 1.68. The number of nitrogens with one attached hydrogen (secondary N) is 1. The maximum atomic E-state index is 5.74. The van der Waals surface area contributed by atoms with Gasteiger partial charge >= 0.3 is 0 Å². The Hall–Kier alpha value is -1.06. The van der Waals surface area contributed by atoms with E-state index in [1.165, 1.54) is 18.5 Å². The van der Waals surface area contributed by atoms with E-state index in [1.807, 2.05) is 0 Å². The van der Waals surface area contributed by atoms with Crippen LogP contribution in [-0.4, -0.2) is 37.7 Å². The number of hydrogen-bond acceptors (Lipinski definition) is 3. The van der Waals surface area contributed by atoms with E-state index in [4.69, 9.17) is 4.74 Å². The van der Waals surface area contributed by atoms with Gasteiger partial charge in [0.25, 0.3) is 0 Å². The fourth-order valence-electron chi connectivity index (χ4n) is 2.48. The van der Waals surface area contributed by atoms with Crippen LogP contribution in [0.25, 0.3) is 0 Å². The number of benzene rings is 1. The summed E-state index contributed by atoms with van der Waals surface area (Å²) in [6.07, 6.45) is 2.37. The molecule has 0 radical (unpaired) electrons. The van der Waals surface area contributed by atoms with Crippen molar-refractivity contribution >= 4 is 0 Å². The molecular weight excluding hydrogens is 248 g/mol. The summed E-state index contributed by atoms with van der Waals surface area (Å²) in [5, 5.41) is 3.62. The highest BCUT2D eigenvalue weighted by molar-refractivity contribution is 5.27. The molecule has 112 valence electrons. The zero-order chi connectivity index (χ0) is 14.4. The van der Waals surface area contributed by atoms with E-state index in [9.17, 15) is 0 Å². The highest BCUT2D eigenvalue weighted by Crippen LogP contribution is 2.14. The quantitative estimate of drug-likeness (QED) is 0.829. The van der Waals surface area contributed by atoms with Crippen LogP contribution >= 0.6 is 0 Å². The summed E-state index contributed by atoms with van der Waals surface area (Å²) >= 11 is 0. The van der Waals surface area contributed by atoms with Gasteiger partial charge < -0.3 is 15.0 Å². The molecule has 1 saturated heterocycles. The minimum Gasteiger partial charge on any atom is -0.494 e. The smallest absolute Gasteiger partial charge is 0.119 e. The molecule has 0 amide bonds. The second-order valence-electron chi connectivity index (χ2n) is 6.30. The SMILES string of the molecule is CC(C)CCOc1ccc(CNC2CCN(C)C2)cc1. The molecule has 20 heavy (non-hydrogen) atoms. The Kier molecular flexibility index (Phi) is 5.86. The predicted molar refractivity (Wildman–Crippen MR) is 84.1 cm³/mol. The minimum atomic E-state index is 0.641. The maximum absolute atomic E-state index is 5.74. The van der Waals surface area contributed by atoms with Gasteiger partial charge in [0.15, 0.2) is 0 Å². The van der Waals surface area contributed by atoms with Crippen LogP contribution in [0.15, 0.2) is 24.3 Å². The van der Waals surface area contributed by atoms with Gasteiger partial charge in [-0.3, -0.25) is 0 Å². The van der Waals surface area contributed by atoms with Gasteiger partial charge in [-0.25, -0.2) is 0 Å². The Labute approximate surface area is 123 Å². The van der Waals surface area contributed by atoms with Gasteiger partial charge in [-0.2, -0.15) is 0 Å². The number of rotatable bonds is 7. The molecule has 1 unspecified atom stereocenters. The Morgan fingerprint density at radius 1 is 1.30 bits per heavy atom. The molecule has 1 aliphatic heterocycles. The van der Waals surface area contributed by atoms with Crippen molar-refractivity contribution in [1.82, 2.24) is 10.2 Å². The second-order valence-corrected chi connectivity index (χ2v) is 6.30. The summed E-state index contributed by atoms with van der Waals surface area (Å²) in [6.45, 7) is 8.57. The van der Waals surface area contributed by atoms with Crippen LogP contribution in [0.4, 0.5) is 0 Å². The molecule has 1 N–H and O–H groups in total. The lowest BCUT2D eigenvalue weighted by atomic mass is 10.1. The predicted octanol–water partition coefficient (Wildman–Crippen LogP) is 2.91. The second kappa shape index (κ2) is 7.65. The fraction of sp³-hybridized carbons (Fsp3) is 0.647. The van der Waals surface area contributed by atoms with E-state index < -0.39 is 0 Å². The zero-order valence-corrected chi connectivity index (χ0v) is 13.1.